The second kappa shape index (κ2) is 9.39. The molecule has 114 valence electrons. The maximum Gasteiger partial charge on any atom is 0.0304 e. The molecule has 1 heteroatoms. The lowest BCUT2D eigenvalue weighted by Gasteiger charge is -2.15. The van der Waals surface area contributed by atoms with Crippen LogP contribution in [0.4, 0.5) is 0 Å². The van der Waals surface area contributed by atoms with Crippen LogP contribution in [0.15, 0.2) is 17.7 Å². The minimum Gasteiger partial charge on any atom is -0.141 e. The fraction of sp³-hybridized carbons (Fsp3) is 0.684. The predicted octanol–water partition coefficient (Wildman–Crippen LogP) is 7.10. The number of rotatable bonds is 9. The van der Waals surface area contributed by atoms with Crippen LogP contribution in [-0.2, 0) is 6.42 Å². The molecular formula is C19H32S. The van der Waals surface area contributed by atoms with Crippen LogP contribution in [-0.4, -0.2) is 0 Å². The Hall–Kier alpha value is -0.560. The molecule has 0 saturated heterocycles. The number of unbranched alkanes of at least 4 members (excludes halogenated alkanes) is 3. The van der Waals surface area contributed by atoms with Crippen LogP contribution in [0.25, 0.3) is 5.57 Å². The summed E-state index contributed by atoms with van der Waals surface area (Å²) in [7, 11) is 0. The van der Waals surface area contributed by atoms with E-state index in [-0.39, 0.29) is 0 Å². The summed E-state index contributed by atoms with van der Waals surface area (Å²) >= 11 is 2.03. The molecule has 0 amide bonds. The van der Waals surface area contributed by atoms with Crippen molar-refractivity contribution >= 4 is 16.9 Å². The van der Waals surface area contributed by atoms with Crippen molar-refractivity contribution in [2.45, 2.75) is 79.6 Å². The molecular weight excluding hydrogens is 260 g/mol. The van der Waals surface area contributed by atoms with E-state index in [2.05, 4.69) is 46.8 Å². The third-order valence-electron chi connectivity index (χ3n) is 4.05. The van der Waals surface area contributed by atoms with Crippen molar-refractivity contribution in [3.05, 3.63) is 27.5 Å². The van der Waals surface area contributed by atoms with Gasteiger partial charge in [-0.05, 0) is 49.3 Å². The van der Waals surface area contributed by atoms with Crippen LogP contribution in [0.2, 0.25) is 0 Å². The Balaban J connectivity index is 2.78. The van der Waals surface area contributed by atoms with Gasteiger partial charge in [-0.1, -0.05) is 59.5 Å². The Morgan fingerprint density at radius 3 is 2.30 bits per heavy atom. The Kier molecular flexibility index (Phi) is 8.21. The van der Waals surface area contributed by atoms with Gasteiger partial charge in [0.1, 0.15) is 0 Å². The zero-order chi connectivity index (χ0) is 15.0. The zero-order valence-corrected chi connectivity index (χ0v) is 14.9. The van der Waals surface area contributed by atoms with Crippen molar-refractivity contribution < 1.29 is 0 Å². The highest BCUT2D eigenvalue weighted by molar-refractivity contribution is 7.13. The standard InChI is InChI=1S/C19H32S/c1-6-9-10-11-12-16-13-14-19(20-16)18(8-3)17(7-2)15(4)5/h13-15H,6-12H2,1-5H3/b18-17-. The molecule has 0 aliphatic heterocycles. The average molecular weight is 293 g/mol. The highest BCUT2D eigenvalue weighted by atomic mass is 32.1. The third-order valence-corrected chi connectivity index (χ3v) is 5.26. The van der Waals surface area contributed by atoms with E-state index in [1.165, 1.54) is 43.4 Å². The number of thiophene rings is 1. The van der Waals surface area contributed by atoms with Crippen molar-refractivity contribution in [1.82, 2.24) is 0 Å². The lowest BCUT2D eigenvalue weighted by atomic mass is 9.93. The first-order valence-corrected chi connectivity index (χ1v) is 9.26. The quantitative estimate of drug-likeness (QED) is 0.426. The number of allylic oxidation sites excluding steroid dienone is 2. The van der Waals surface area contributed by atoms with Crippen molar-refractivity contribution in [3.63, 3.8) is 0 Å². The van der Waals surface area contributed by atoms with Crippen LogP contribution in [0.1, 0.15) is 82.9 Å². The molecule has 1 aromatic heterocycles. The zero-order valence-electron chi connectivity index (χ0n) is 14.1. The van der Waals surface area contributed by atoms with Crippen LogP contribution >= 0.6 is 11.3 Å². The monoisotopic (exact) mass is 292 g/mol. The first-order chi connectivity index (χ1) is 9.63. The summed E-state index contributed by atoms with van der Waals surface area (Å²) in [5.74, 6) is 0.671. The molecule has 0 saturated carbocycles. The smallest absolute Gasteiger partial charge is 0.0304 e. The highest BCUT2D eigenvalue weighted by Crippen LogP contribution is 2.33. The minimum atomic E-state index is 0.671. The van der Waals surface area contributed by atoms with Gasteiger partial charge < -0.3 is 0 Å². The molecule has 0 aliphatic rings. The van der Waals surface area contributed by atoms with Gasteiger partial charge in [0.2, 0.25) is 0 Å². The topological polar surface area (TPSA) is 0 Å². The molecule has 0 aliphatic carbocycles. The van der Waals surface area contributed by atoms with E-state index in [1.807, 2.05) is 11.3 Å². The predicted molar refractivity (Wildman–Crippen MR) is 94.5 cm³/mol. The van der Waals surface area contributed by atoms with Gasteiger partial charge in [0.15, 0.2) is 0 Å². The maximum absolute atomic E-state index is 2.36. The van der Waals surface area contributed by atoms with Gasteiger partial charge in [-0.2, -0.15) is 0 Å². The van der Waals surface area contributed by atoms with E-state index in [4.69, 9.17) is 0 Å². The van der Waals surface area contributed by atoms with Crippen molar-refractivity contribution in [2.75, 3.05) is 0 Å². The van der Waals surface area contributed by atoms with Crippen molar-refractivity contribution in [2.24, 2.45) is 5.92 Å². The molecule has 1 aromatic rings. The molecule has 1 heterocycles. The van der Waals surface area contributed by atoms with E-state index in [0.717, 1.165) is 6.42 Å². The molecule has 0 fully saturated rings. The molecule has 0 unspecified atom stereocenters. The van der Waals surface area contributed by atoms with E-state index in [9.17, 15) is 0 Å². The maximum atomic E-state index is 2.36. The molecule has 20 heavy (non-hydrogen) atoms. The van der Waals surface area contributed by atoms with Crippen LogP contribution in [0, 0.1) is 5.92 Å². The van der Waals surface area contributed by atoms with Crippen LogP contribution in [0.3, 0.4) is 0 Å². The molecule has 0 bridgehead atoms. The summed E-state index contributed by atoms with van der Waals surface area (Å²) in [5.41, 5.74) is 3.25. The lowest BCUT2D eigenvalue weighted by Crippen LogP contribution is -1.97. The minimum absolute atomic E-state index is 0.671. The largest absolute Gasteiger partial charge is 0.141 e. The van der Waals surface area contributed by atoms with E-state index in [1.54, 1.807) is 16.0 Å². The summed E-state index contributed by atoms with van der Waals surface area (Å²) in [4.78, 5) is 3.09. The summed E-state index contributed by atoms with van der Waals surface area (Å²) in [5, 5.41) is 0. The molecule has 0 N–H and O–H groups in total. The third kappa shape index (κ3) is 5.09. The Morgan fingerprint density at radius 2 is 1.75 bits per heavy atom. The van der Waals surface area contributed by atoms with Gasteiger partial charge in [0, 0.05) is 9.75 Å². The molecule has 0 aromatic carbocycles. The number of hydrogen-bond donors (Lipinski definition) is 0. The molecule has 0 spiro atoms. The van der Waals surface area contributed by atoms with Gasteiger partial charge in [-0.25, -0.2) is 0 Å². The van der Waals surface area contributed by atoms with Crippen LogP contribution in [0.5, 0.6) is 0 Å². The Morgan fingerprint density at radius 1 is 1.00 bits per heavy atom. The van der Waals surface area contributed by atoms with Crippen molar-refractivity contribution in [1.29, 1.82) is 0 Å². The Bertz CT molecular complexity index is 409. The molecule has 0 nitrogen and oxygen atoms in total. The lowest BCUT2D eigenvalue weighted by molar-refractivity contribution is 0.670. The van der Waals surface area contributed by atoms with E-state index < -0.39 is 0 Å². The fourth-order valence-electron chi connectivity index (χ4n) is 2.93. The van der Waals surface area contributed by atoms with Gasteiger partial charge >= 0.3 is 0 Å². The normalized spacial score (nSPS) is 12.9. The first kappa shape index (κ1) is 17.5. The highest BCUT2D eigenvalue weighted by Gasteiger charge is 2.11. The van der Waals surface area contributed by atoms with Gasteiger partial charge in [-0.3, -0.25) is 0 Å². The van der Waals surface area contributed by atoms with Gasteiger partial charge in [0.05, 0.1) is 0 Å². The van der Waals surface area contributed by atoms with Crippen molar-refractivity contribution in [3.8, 4) is 0 Å². The summed E-state index contributed by atoms with van der Waals surface area (Å²) in [6, 6.07) is 4.71. The fourth-order valence-corrected chi connectivity index (χ4v) is 4.13. The second-order valence-electron chi connectivity index (χ2n) is 5.94. The molecule has 1 rings (SSSR count). The summed E-state index contributed by atoms with van der Waals surface area (Å²) in [6.07, 6.45) is 9.06. The summed E-state index contributed by atoms with van der Waals surface area (Å²) < 4.78 is 0. The Labute approximate surface area is 130 Å². The second-order valence-corrected chi connectivity index (χ2v) is 7.11. The average Bonchev–Trinajstić information content (AvgIpc) is 2.88. The molecule has 0 radical (unpaired) electrons. The van der Waals surface area contributed by atoms with Gasteiger partial charge in [0.25, 0.3) is 0 Å². The summed E-state index contributed by atoms with van der Waals surface area (Å²) in [6.45, 7) is 11.5. The number of aryl methyl sites for hydroxylation is 1. The first-order valence-electron chi connectivity index (χ1n) is 8.44. The van der Waals surface area contributed by atoms with Crippen LogP contribution < -0.4 is 0 Å². The molecule has 0 atom stereocenters. The van der Waals surface area contributed by atoms with E-state index in [0.29, 0.717) is 5.92 Å². The van der Waals surface area contributed by atoms with Gasteiger partial charge in [-0.15, -0.1) is 11.3 Å². The number of hydrogen-bond acceptors (Lipinski definition) is 1. The van der Waals surface area contributed by atoms with E-state index >= 15 is 0 Å². The SMILES string of the molecule is CCCCCCc1ccc(/C(CC)=C(/CC)C(C)C)s1.